The highest BCUT2D eigenvalue weighted by atomic mass is 32.2. The van der Waals surface area contributed by atoms with Crippen molar-refractivity contribution >= 4 is 17.7 Å². The van der Waals surface area contributed by atoms with Gasteiger partial charge < -0.3 is 9.42 Å². The number of nitrogens with zero attached hydrogens (tertiary/aromatic N) is 2. The van der Waals surface area contributed by atoms with Gasteiger partial charge in [-0.3, -0.25) is 4.79 Å². The van der Waals surface area contributed by atoms with Crippen molar-refractivity contribution in [1.29, 1.82) is 0 Å². The lowest BCUT2D eigenvalue weighted by Gasteiger charge is -2.24. The summed E-state index contributed by atoms with van der Waals surface area (Å²) in [6, 6.07) is 0.414. The lowest BCUT2D eigenvalue weighted by Crippen LogP contribution is -2.34. The van der Waals surface area contributed by atoms with Crippen LogP contribution in [0.3, 0.4) is 0 Å². The molecule has 1 unspecified atom stereocenters. The van der Waals surface area contributed by atoms with E-state index in [4.69, 9.17) is 4.52 Å². The fraction of sp³-hybridized carbons (Fsp3) is 0.826. The summed E-state index contributed by atoms with van der Waals surface area (Å²) in [6.45, 7) is 4.84. The molecule has 2 atom stereocenters. The normalized spacial score (nSPS) is 26.4. The third-order valence-corrected chi connectivity index (χ3v) is 8.61. The maximum atomic E-state index is 13.3. The van der Waals surface area contributed by atoms with Crippen LogP contribution in [0.5, 0.6) is 0 Å². The van der Waals surface area contributed by atoms with E-state index in [9.17, 15) is 4.79 Å². The molecule has 0 aromatic carbocycles. The van der Waals surface area contributed by atoms with Crippen molar-refractivity contribution in [2.24, 2.45) is 11.8 Å². The standard InChI is InChI=1S/C23H36N2O2S/c1-3-25(20-15-18(20)14-17-10-6-4-7-11-17)23(26)21-22(16(2)24-27-21)28-19-12-8-5-9-13-19/h17-20H,3-15H2,1-2H3/t18-,20?/m1/s1. The van der Waals surface area contributed by atoms with Crippen molar-refractivity contribution in [1.82, 2.24) is 10.1 Å². The highest BCUT2D eigenvalue weighted by molar-refractivity contribution is 8.00. The first kappa shape index (κ1) is 20.3. The summed E-state index contributed by atoms with van der Waals surface area (Å²) in [5, 5.41) is 4.77. The van der Waals surface area contributed by atoms with E-state index in [2.05, 4.69) is 17.0 Å². The maximum Gasteiger partial charge on any atom is 0.293 e. The lowest BCUT2D eigenvalue weighted by atomic mass is 9.85. The summed E-state index contributed by atoms with van der Waals surface area (Å²) < 4.78 is 5.58. The van der Waals surface area contributed by atoms with Gasteiger partial charge in [-0.1, -0.05) is 56.5 Å². The second-order valence-electron chi connectivity index (χ2n) is 9.20. The van der Waals surface area contributed by atoms with E-state index >= 15 is 0 Å². The molecule has 1 aromatic heterocycles. The van der Waals surface area contributed by atoms with Crippen LogP contribution in [0.2, 0.25) is 0 Å². The van der Waals surface area contributed by atoms with Crippen LogP contribution in [0.1, 0.15) is 100 Å². The molecule has 156 valence electrons. The first-order valence-corrected chi connectivity index (χ1v) is 12.5. The first-order valence-electron chi connectivity index (χ1n) is 11.6. The number of carbonyl (C=O) groups excluding carboxylic acids is 1. The Morgan fingerprint density at radius 3 is 2.46 bits per heavy atom. The Morgan fingerprint density at radius 1 is 1.11 bits per heavy atom. The van der Waals surface area contributed by atoms with E-state index in [0.29, 0.717) is 23.0 Å². The number of rotatable bonds is 7. The van der Waals surface area contributed by atoms with E-state index in [0.717, 1.165) is 23.1 Å². The molecule has 0 radical (unpaired) electrons. The van der Waals surface area contributed by atoms with Gasteiger partial charge in [-0.25, -0.2) is 0 Å². The molecule has 0 aliphatic heterocycles. The maximum absolute atomic E-state index is 13.3. The molecule has 3 aliphatic carbocycles. The number of hydrogen-bond donors (Lipinski definition) is 0. The zero-order chi connectivity index (χ0) is 19.5. The Labute approximate surface area is 174 Å². The van der Waals surface area contributed by atoms with Crippen molar-refractivity contribution in [2.45, 2.75) is 107 Å². The van der Waals surface area contributed by atoms with Crippen molar-refractivity contribution in [3.8, 4) is 0 Å². The number of thioether (sulfide) groups is 1. The summed E-state index contributed by atoms with van der Waals surface area (Å²) in [7, 11) is 0. The van der Waals surface area contributed by atoms with Crippen LogP contribution < -0.4 is 0 Å². The number of hydrogen-bond acceptors (Lipinski definition) is 4. The summed E-state index contributed by atoms with van der Waals surface area (Å²) in [4.78, 5) is 16.4. The topological polar surface area (TPSA) is 46.3 Å². The molecule has 0 bridgehead atoms. The Morgan fingerprint density at radius 2 is 1.79 bits per heavy atom. The van der Waals surface area contributed by atoms with E-state index in [1.54, 1.807) is 0 Å². The average Bonchev–Trinajstić information content (AvgIpc) is 3.37. The van der Waals surface area contributed by atoms with Gasteiger partial charge in [0.2, 0.25) is 5.76 Å². The second-order valence-corrected chi connectivity index (χ2v) is 10.5. The number of carbonyl (C=O) groups is 1. The largest absolute Gasteiger partial charge is 0.350 e. The third-order valence-electron chi connectivity index (χ3n) is 7.09. The SMILES string of the molecule is CCN(C(=O)c1onc(C)c1SC1CCCCC1)C1C[C@H]1CC1CCCCC1. The lowest BCUT2D eigenvalue weighted by molar-refractivity contribution is 0.0693. The predicted octanol–water partition coefficient (Wildman–Crippen LogP) is 6.23. The Bertz CT molecular complexity index is 662. The van der Waals surface area contributed by atoms with Crippen LogP contribution in [0.4, 0.5) is 0 Å². The molecule has 3 saturated carbocycles. The van der Waals surface area contributed by atoms with Gasteiger partial charge in [0.25, 0.3) is 5.91 Å². The quantitative estimate of drug-likeness (QED) is 0.540. The van der Waals surface area contributed by atoms with Crippen LogP contribution in [-0.2, 0) is 0 Å². The fourth-order valence-electron chi connectivity index (χ4n) is 5.36. The molecule has 3 fully saturated rings. The van der Waals surface area contributed by atoms with Gasteiger partial charge >= 0.3 is 0 Å². The monoisotopic (exact) mass is 404 g/mol. The minimum absolute atomic E-state index is 0.0672. The molecular weight excluding hydrogens is 368 g/mol. The van der Waals surface area contributed by atoms with E-state index in [1.165, 1.54) is 77.0 Å². The molecule has 3 aliphatic rings. The van der Waals surface area contributed by atoms with Crippen LogP contribution in [0, 0.1) is 18.8 Å². The van der Waals surface area contributed by atoms with Crippen LogP contribution in [-0.4, -0.2) is 33.8 Å². The Hall–Kier alpha value is -0.970. The molecule has 4 nitrogen and oxygen atoms in total. The predicted molar refractivity (Wildman–Crippen MR) is 114 cm³/mol. The van der Waals surface area contributed by atoms with Crippen molar-refractivity contribution in [3.05, 3.63) is 11.5 Å². The van der Waals surface area contributed by atoms with Gasteiger partial charge in [0.15, 0.2) is 0 Å². The van der Waals surface area contributed by atoms with Gasteiger partial charge in [-0.2, -0.15) is 0 Å². The Balaban J connectivity index is 1.40. The number of aromatic nitrogens is 1. The van der Waals surface area contributed by atoms with Gasteiger partial charge in [0.1, 0.15) is 0 Å². The van der Waals surface area contributed by atoms with Crippen molar-refractivity contribution in [3.63, 3.8) is 0 Å². The van der Waals surface area contributed by atoms with Gasteiger partial charge in [0.05, 0.1) is 10.6 Å². The third kappa shape index (κ3) is 4.60. The molecule has 4 rings (SSSR count). The summed E-state index contributed by atoms with van der Waals surface area (Å²) in [6.07, 6.45) is 15.9. The molecule has 1 aromatic rings. The molecule has 0 spiro atoms. The molecular formula is C23H36N2O2S. The summed E-state index contributed by atoms with van der Waals surface area (Å²) in [5.74, 6) is 2.16. The summed E-state index contributed by atoms with van der Waals surface area (Å²) >= 11 is 1.84. The van der Waals surface area contributed by atoms with Crippen LogP contribution >= 0.6 is 11.8 Å². The fourth-order valence-corrected chi connectivity index (χ4v) is 6.70. The molecule has 1 heterocycles. The second kappa shape index (κ2) is 9.23. The van der Waals surface area contributed by atoms with E-state index in [-0.39, 0.29) is 5.91 Å². The van der Waals surface area contributed by atoms with Crippen LogP contribution in [0.25, 0.3) is 0 Å². The van der Waals surface area contributed by atoms with Gasteiger partial charge in [-0.05, 0) is 51.4 Å². The zero-order valence-electron chi connectivity index (χ0n) is 17.6. The van der Waals surface area contributed by atoms with E-state index in [1.807, 2.05) is 18.7 Å². The van der Waals surface area contributed by atoms with E-state index < -0.39 is 0 Å². The molecule has 5 heteroatoms. The van der Waals surface area contributed by atoms with Gasteiger partial charge in [-0.15, -0.1) is 11.8 Å². The highest BCUT2D eigenvalue weighted by Gasteiger charge is 2.45. The molecule has 28 heavy (non-hydrogen) atoms. The number of aryl methyl sites for hydroxylation is 1. The average molecular weight is 405 g/mol. The van der Waals surface area contributed by atoms with Crippen molar-refractivity contribution in [2.75, 3.05) is 6.54 Å². The molecule has 1 amide bonds. The highest BCUT2D eigenvalue weighted by Crippen LogP contribution is 2.45. The van der Waals surface area contributed by atoms with Gasteiger partial charge in [0, 0.05) is 17.8 Å². The Kier molecular flexibility index (Phi) is 6.70. The summed E-state index contributed by atoms with van der Waals surface area (Å²) in [5.41, 5.74) is 0.879. The first-order chi connectivity index (χ1) is 13.7. The van der Waals surface area contributed by atoms with Crippen LogP contribution in [0.15, 0.2) is 9.42 Å². The molecule has 0 saturated heterocycles. The van der Waals surface area contributed by atoms with Crippen molar-refractivity contribution < 1.29 is 9.32 Å². The smallest absolute Gasteiger partial charge is 0.293 e. The number of amides is 1. The minimum Gasteiger partial charge on any atom is -0.350 e. The molecule has 0 N–H and O–H groups in total. The minimum atomic E-state index is 0.0672. The zero-order valence-corrected chi connectivity index (χ0v) is 18.4.